The van der Waals surface area contributed by atoms with Gasteiger partial charge in [0.1, 0.15) is 11.6 Å². The molecule has 0 aliphatic carbocycles. The second-order valence-electron chi connectivity index (χ2n) is 4.88. The zero-order chi connectivity index (χ0) is 15.4. The molecule has 0 atom stereocenters. The van der Waals surface area contributed by atoms with Crippen LogP contribution in [0.25, 0.3) is 0 Å². The lowest BCUT2D eigenvalue weighted by Gasteiger charge is -2.26. The minimum absolute atomic E-state index is 0.0544. The number of ether oxygens (including phenoxy) is 1. The molecule has 0 amide bonds. The summed E-state index contributed by atoms with van der Waals surface area (Å²) in [6.45, 7) is 4.91. The number of rotatable bonds is 5. The summed E-state index contributed by atoms with van der Waals surface area (Å²) >= 11 is 0. The van der Waals surface area contributed by atoms with Crippen LogP contribution in [0.5, 0.6) is 5.75 Å². The van der Waals surface area contributed by atoms with Gasteiger partial charge in [0.05, 0.1) is 12.8 Å². The van der Waals surface area contributed by atoms with E-state index < -0.39 is 0 Å². The maximum atomic E-state index is 7.79. The van der Waals surface area contributed by atoms with E-state index in [9.17, 15) is 0 Å². The highest BCUT2D eigenvalue weighted by atomic mass is 16.5. The summed E-state index contributed by atoms with van der Waals surface area (Å²) in [6, 6.07) is 13.8. The van der Waals surface area contributed by atoms with Gasteiger partial charge in [-0.2, -0.15) is 0 Å². The highest BCUT2D eigenvalue weighted by molar-refractivity contribution is 6.01. The van der Waals surface area contributed by atoms with Gasteiger partial charge in [0, 0.05) is 23.9 Å². The molecular formula is C17H21N3O. The Hall–Kier alpha value is -2.49. The molecule has 0 bridgehead atoms. The molecule has 2 rings (SSSR count). The van der Waals surface area contributed by atoms with E-state index in [4.69, 9.17) is 15.9 Å². The Balaban J connectivity index is 2.57. The van der Waals surface area contributed by atoms with Crippen molar-refractivity contribution in [2.75, 3.05) is 18.6 Å². The van der Waals surface area contributed by atoms with Crippen LogP contribution in [0.15, 0.2) is 42.5 Å². The molecule has 0 fully saturated rings. The Labute approximate surface area is 125 Å². The van der Waals surface area contributed by atoms with Gasteiger partial charge in [-0.15, -0.1) is 0 Å². The minimum atomic E-state index is 0.0544. The van der Waals surface area contributed by atoms with Crippen LogP contribution in [0.3, 0.4) is 0 Å². The van der Waals surface area contributed by atoms with Gasteiger partial charge in [0.15, 0.2) is 0 Å². The molecule has 0 aromatic heterocycles. The predicted molar refractivity (Wildman–Crippen MR) is 87.9 cm³/mol. The van der Waals surface area contributed by atoms with E-state index in [0.717, 1.165) is 23.7 Å². The molecule has 2 aromatic carbocycles. The highest BCUT2D eigenvalue weighted by Crippen LogP contribution is 2.32. The predicted octanol–water partition coefficient (Wildman–Crippen LogP) is 3.45. The van der Waals surface area contributed by atoms with Crippen LogP contribution < -0.4 is 15.4 Å². The van der Waals surface area contributed by atoms with Gasteiger partial charge in [-0.1, -0.05) is 12.1 Å². The number of amidine groups is 1. The van der Waals surface area contributed by atoms with Crippen LogP contribution >= 0.6 is 0 Å². The lowest BCUT2D eigenvalue weighted by molar-refractivity contribution is 0.415. The topological polar surface area (TPSA) is 62.3 Å². The van der Waals surface area contributed by atoms with E-state index in [1.165, 1.54) is 5.56 Å². The third kappa shape index (κ3) is 3.16. The summed E-state index contributed by atoms with van der Waals surface area (Å²) in [4.78, 5) is 2.13. The Morgan fingerprint density at radius 3 is 2.57 bits per heavy atom. The third-order valence-electron chi connectivity index (χ3n) is 3.42. The zero-order valence-electron chi connectivity index (χ0n) is 12.7. The number of nitrogens with one attached hydrogen (secondary N) is 1. The van der Waals surface area contributed by atoms with Gasteiger partial charge in [-0.3, -0.25) is 5.41 Å². The summed E-state index contributed by atoms with van der Waals surface area (Å²) in [5, 5.41) is 7.79. The molecule has 0 radical (unpaired) electrons. The summed E-state index contributed by atoms with van der Waals surface area (Å²) in [5.74, 6) is 0.805. The monoisotopic (exact) mass is 283 g/mol. The molecular weight excluding hydrogens is 262 g/mol. The van der Waals surface area contributed by atoms with E-state index in [2.05, 4.69) is 36.9 Å². The fourth-order valence-corrected chi connectivity index (χ4v) is 2.38. The average Bonchev–Trinajstić information content (AvgIpc) is 2.47. The number of benzene rings is 2. The molecule has 0 unspecified atom stereocenters. The maximum Gasteiger partial charge on any atom is 0.124 e. The lowest BCUT2D eigenvalue weighted by atomic mass is 10.1. The van der Waals surface area contributed by atoms with Gasteiger partial charge in [0.25, 0.3) is 0 Å². The SMILES string of the molecule is CCN(c1cccc(C)c1)c1cc(OC)ccc1C(=N)N. The molecule has 110 valence electrons. The molecule has 2 aromatic rings. The van der Waals surface area contributed by atoms with Gasteiger partial charge in [-0.25, -0.2) is 0 Å². The van der Waals surface area contributed by atoms with E-state index >= 15 is 0 Å². The third-order valence-corrected chi connectivity index (χ3v) is 3.42. The highest BCUT2D eigenvalue weighted by Gasteiger charge is 2.15. The zero-order valence-corrected chi connectivity index (χ0v) is 12.7. The van der Waals surface area contributed by atoms with Crippen molar-refractivity contribution in [3.8, 4) is 5.75 Å². The fraction of sp³-hybridized carbons (Fsp3) is 0.235. The van der Waals surface area contributed by atoms with Crippen LogP contribution in [0.1, 0.15) is 18.1 Å². The molecule has 4 nitrogen and oxygen atoms in total. The maximum absolute atomic E-state index is 7.79. The van der Waals surface area contributed by atoms with Crippen LogP contribution in [0.2, 0.25) is 0 Å². The molecule has 0 aliphatic heterocycles. The van der Waals surface area contributed by atoms with Crippen molar-refractivity contribution in [1.82, 2.24) is 0 Å². The number of nitrogen functional groups attached to an aromatic ring is 1. The first-order chi connectivity index (χ1) is 10.1. The van der Waals surface area contributed by atoms with Crippen molar-refractivity contribution >= 4 is 17.2 Å². The standard InChI is InChI=1S/C17H21N3O/c1-4-20(13-7-5-6-12(2)10-13)16-11-14(21-3)8-9-15(16)17(18)19/h5-11H,4H2,1-3H3,(H3,18,19). The van der Waals surface area contributed by atoms with Gasteiger partial charge < -0.3 is 15.4 Å². The van der Waals surface area contributed by atoms with E-state index in [1.54, 1.807) is 7.11 Å². The normalized spacial score (nSPS) is 10.2. The number of methoxy groups -OCH3 is 1. The molecule has 0 saturated carbocycles. The number of anilines is 2. The van der Waals surface area contributed by atoms with Crippen molar-refractivity contribution in [2.24, 2.45) is 5.73 Å². The molecule has 0 saturated heterocycles. The number of aryl methyl sites for hydroxylation is 1. The van der Waals surface area contributed by atoms with Gasteiger partial charge in [0.2, 0.25) is 0 Å². The Kier molecular flexibility index (Phi) is 4.48. The van der Waals surface area contributed by atoms with Crippen molar-refractivity contribution in [3.63, 3.8) is 0 Å². The van der Waals surface area contributed by atoms with E-state index in [1.807, 2.05) is 24.3 Å². The Bertz CT molecular complexity index is 652. The molecule has 0 spiro atoms. The Morgan fingerprint density at radius 1 is 1.24 bits per heavy atom. The first-order valence-electron chi connectivity index (χ1n) is 6.93. The second-order valence-corrected chi connectivity index (χ2v) is 4.88. The van der Waals surface area contributed by atoms with E-state index in [0.29, 0.717) is 5.56 Å². The number of hydrogen-bond acceptors (Lipinski definition) is 3. The van der Waals surface area contributed by atoms with Crippen LogP contribution in [0.4, 0.5) is 11.4 Å². The summed E-state index contributed by atoms with van der Waals surface area (Å²) in [7, 11) is 1.63. The van der Waals surface area contributed by atoms with Gasteiger partial charge in [-0.05, 0) is 43.7 Å². The molecule has 4 heteroatoms. The minimum Gasteiger partial charge on any atom is -0.497 e. The Morgan fingerprint density at radius 2 is 2.00 bits per heavy atom. The van der Waals surface area contributed by atoms with Crippen molar-refractivity contribution in [1.29, 1.82) is 5.41 Å². The second kappa shape index (κ2) is 6.31. The van der Waals surface area contributed by atoms with Crippen LogP contribution in [-0.4, -0.2) is 19.5 Å². The largest absolute Gasteiger partial charge is 0.497 e. The first kappa shape index (κ1) is 14.9. The quantitative estimate of drug-likeness (QED) is 0.652. The number of nitrogens with zero attached hydrogens (tertiary/aromatic N) is 1. The smallest absolute Gasteiger partial charge is 0.124 e. The summed E-state index contributed by atoms with van der Waals surface area (Å²) in [5.41, 5.74) is 9.58. The van der Waals surface area contributed by atoms with Crippen molar-refractivity contribution in [3.05, 3.63) is 53.6 Å². The van der Waals surface area contributed by atoms with E-state index in [-0.39, 0.29) is 5.84 Å². The van der Waals surface area contributed by atoms with Crippen LogP contribution in [0, 0.1) is 12.3 Å². The molecule has 0 aliphatic rings. The summed E-state index contributed by atoms with van der Waals surface area (Å²) < 4.78 is 5.31. The molecule has 3 N–H and O–H groups in total. The van der Waals surface area contributed by atoms with Crippen LogP contribution in [-0.2, 0) is 0 Å². The number of nitrogens with two attached hydrogens (primary N) is 1. The van der Waals surface area contributed by atoms with Crippen molar-refractivity contribution < 1.29 is 4.74 Å². The molecule has 0 heterocycles. The molecule has 21 heavy (non-hydrogen) atoms. The van der Waals surface area contributed by atoms with Gasteiger partial charge >= 0.3 is 0 Å². The number of hydrogen-bond donors (Lipinski definition) is 2. The fourth-order valence-electron chi connectivity index (χ4n) is 2.38. The first-order valence-corrected chi connectivity index (χ1v) is 6.93. The lowest BCUT2D eigenvalue weighted by Crippen LogP contribution is -2.22. The van der Waals surface area contributed by atoms with Crippen molar-refractivity contribution in [2.45, 2.75) is 13.8 Å². The summed E-state index contributed by atoms with van der Waals surface area (Å²) in [6.07, 6.45) is 0. The average molecular weight is 283 g/mol.